The molecular weight excluding hydrogens is 175 g/mol. The summed E-state index contributed by atoms with van der Waals surface area (Å²) in [5.74, 6) is 2.44. The van der Waals surface area contributed by atoms with Crippen LogP contribution in [0.3, 0.4) is 0 Å². The highest BCUT2D eigenvalue weighted by Gasteiger charge is 2.41. The van der Waals surface area contributed by atoms with Crippen LogP contribution in [0, 0.1) is 18.3 Å². The second-order valence-electron chi connectivity index (χ2n) is 3.48. The Kier molecular flexibility index (Phi) is 2.35. The molecule has 0 aromatic carbocycles. The van der Waals surface area contributed by atoms with Crippen LogP contribution in [0.2, 0.25) is 0 Å². The van der Waals surface area contributed by atoms with Crippen LogP contribution in [0.4, 0.5) is 0 Å². The summed E-state index contributed by atoms with van der Waals surface area (Å²) in [6.07, 6.45) is 5.27. The van der Waals surface area contributed by atoms with Gasteiger partial charge < -0.3 is 9.05 Å². The fraction of sp³-hybridized carbons (Fsp3) is 0.750. The molecule has 1 aliphatic rings. The Labute approximate surface area is 73.0 Å². The molecule has 0 bridgehead atoms. The highest BCUT2D eigenvalue weighted by Crippen LogP contribution is 2.53. The van der Waals surface area contributed by atoms with Crippen LogP contribution >= 0.6 is 7.60 Å². The minimum absolute atomic E-state index is 0.125. The van der Waals surface area contributed by atoms with Crippen molar-refractivity contribution < 1.29 is 13.6 Å². The Morgan fingerprint density at radius 1 is 1.67 bits per heavy atom. The molecule has 68 valence electrons. The minimum Gasteiger partial charge on any atom is -0.307 e. The maximum absolute atomic E-state index is 11.4. The number of terminal acetylenes is 1. The maximum Gasteiger partial charge on any atom is 0.328 e. The van der Waals surface area contributed by atoms with Gasteiger partial charge in [-0.3, -0.25) is 4.57 Å². The Balaban J connectivity index is 2.83. The number of rotatable bonds is 0. The topological polar surface area (TPSA) is 35.5 Å². The summed E-state index contributed by atoms with van der Waals surface area (Å²) in [6, 6.07) is 0. The van der Waals surface area contributed by atoms with Crippen LogP contribution in [-0.4, -0.2) is 18.9 Å². The molecule has 0 radical (unpaired) electrons. The van der Waals surface area contributed by atoms with E-state index >= 15 is 0 Å². The molecule has 0 aromatic rings. The molecule has 0 amide bonds. The predicted molar refractivity (Wildman–Crippen MR) is 47.0 cm³/mol. The van der Waals surface area contributed by atoms with E-state index in [0.29, 0.717) is 6.61 Å². The van der Waals surface area contributed by atoms with Crippen LogP contribution in [0.25, 0.3) is 0 Å². The SMILES string of the molecule is C#CC1COP(C)(=O)OC1(C)C. The summed E-state index contributed by atoms with van der Waals surface area (Å²) in [5, 5.41) is 0. The van der Waals surface area contributed by atoms with E-state index in [0.717, 1.165) is 0 Å². The quantitative estimate of drug-likeness (QED) is 0.430. The fourth-order valence-corrected chi connectivity index (χ4v) is 2.63. The highest BCUT2D eigenvalue weighted by molar-refractivity contribution is 7.53. The van der Waals surface area contributed by atoms with Crippen molar-refractivity contribution in [1.82, 2.24) is 0 Å². The van der Waals surface area contributed by atoms with E-state index in [1.165, 1.54) is 6.66 Å². The van der Waals surface area contributed by atoms with Crippen molar-refractivity contribution in [2.45, 2.75) is 19.4 Å². The van der Waals surface area contributed by atoms with E-state index in [4.69, 9.17) is 15.5 Å². The lowest BCUT2D eigenvalue weighted by molar-refractivity contribution is -0.00996. The normalized spacial score (nSPS) is 40.3. The van der Waals surface area contributed by atoms with E-state index < -0.39 is 13.2 Å². The first-order chi connectivity index (χ1) is 5.37. The Hall–Kier alpha value is -0.290. The highest BCUT2D eigenvalue weighted by atomic mass is 31.2. The van der Waals surface area contributed by atoms with E-state index in [-0.39, 0.29) is 5.92 Å². The predicted octanol–water partition coefficient (Wildman–Crippen LogP) is 1.88. The van der Waals surface area contributed by atoms with Gasteiger partial charge >= 0.3 is 7.60 Å². The molecule has 2 unspecified atom stereocenters. The largest absolute Gasteiger partial charge is 0.328 e. The second-order valence-corrected chi connectivity index (χ2v) is 5.46. The van der Waals surface area contributed by atoms with Gasteiger partial charge in [0.25, 0.3) is 0 Å². The minimum atomic E-state index is -2.85. The molecule has 0 aliphatic carbocycles. The summed E-state index contributed by atoms with van der Waals surface area (Å²) >= 11 is 0. The van der Waals surface area contributed by atoms with Gasteiger partial charge in [-0.1, -0.05) is 5.92 Å². The molecule has 0 spiro atoms. The van der Waals surface area contributed by atoms with Crippen molar-refractivity contribution in [3.05, 3.63) is 0 Å². The number of hydrogen-bond donors (Lipinski definition) is 0. The Bertz CT molecular complexity index is 264. The van der Waals surface area contributed by atoms with E-state index in [1.807, 2.05) is 13.8 Å². The van der Waals surface area contributed by atoms with Gasteiger partial charge in [0.15, 0.2) is 0 Å². The molecule has 1 rings (SSSR count). The second kappa shape index (κ2) is 2.88. The lowest BCUT2D eigenvalue weighted by Gasteiger charge is -2.38. The fourth-order valence-electron chi connectivity index (χ4n) is 1.18. The van der Waals surface area contributed by atoms with E-state index in [9.17, 15) is 4.57 Å². The summed E-state index contributed by atoms with van der Waals surface area (Å²) in [5.41, 5.74) is -0.544. The van der Waals surface area contributed by atoms with Crippen LogP contribution in [0.5, 0.6) is 0 Å². The van der Waals surface area contributed by atoms with Crippen molar-refractivity contribution in [3.63, 3.8) is 0 Å². The molecule has 2 atom stereocenters. The standard InChI is InChI=1S/C8H13O3P/c1-5-7-6-10-12(4,9)11-8(7,2)3/h1,7H,6H2,2-4H3. The molecule has 3 nitrogen and oxygen atoms in total. The summed E-state index contributed by atoms with van der Waals surface area (Å²) in [4.78, 5) is 0. The van der Waals surface area contributed by atoms with Crippen molar-refractivity contribution in [2.75, 3.05) is 13.3 Å². The van der Waals surface area contributed by atoms with Gasteiger partial charge in [0.05, 0.1) is 18.1 Å². The maximum atomic E-state index is 11.4. The summed E-state index contributed by atoms with van der Waals surface area (Å²) in [6.45, 7) is 5.44. The smallest absolute Gasteiger partial charge is 0.307 e. The van der Waals surface area contributed by atoms with Gasteiger partial charge in [0.2, 0.25) is 0 Å². The van der Waals surface area contributed by atoms with Gasteiger partial charge in [-0.25, -0.2) is 0 Å². The lowest BCUT2D eigenvalue weighted by atomic mass is 9.93. The van der Waals surface area contributed by atoms with Crippen molar-refractivity contribution >= 4 is 7.60 Å². The average Bonchev–Trinajstić information content (AvgIpc) is 1.83. The third kappa shape index (κ3) is 1.90. The van der Waals surface area contributed by atoms with Gasteiger partial charge in [-0.05, 0) is 13.8 Å². The molecule has 4 heteroatoms. The van der Waals surface area contributed by atoms with Crippen LogP contribution in [-0.2, 0) is 13.6 Å². The monoisotopic (exact) mass is 188 g/mol. The molecule has 12 heavy (non-hydrogen) atoms. The van der Waals surface area contributed by atoms with Gasteiger partial charge in [0, 0.05) is 6.66 Å². The van der Waals surface area contributed by atoms with Crippen molar-refractivity contribution in [2.24, 2.45) is 5.92 Å². The van der Waals surface area contributed by atoms with Gasteiger partial charge in [0.1, 0.15) is 0 Å². The van der Waals surface area contributed by atoms with Gasteiger partial charge in [-0.2, -0.15) is 0 Å². The molecule has 1 fully saturated rings. The molecule has 1 saturated heterocycles. The first-order valence-corrected chi connectivity index (χ1v) is 5.75. The molecule has 0 N–H and O–H groups in total. The lowest BCUT2D eigenvalue weighted by Crippen LogP contribution is -2.39. The van der Waals surface area contributed by atoms with Crippen LogP contribution in [0.15, 0.2) is 0 Å². The zero-order valence-electron chi connectivity index (χ0n) is 7.53. The Morgan fingerprint density at radius 2 is 2.25 bits per heavy atom. The van der Waals surface area contributed by atoms with E-state index in [2.05, 4.69) is 5.92 Å². The van der Waals surface area contributed by atoms with Crippen LogP contribution in [0.1, 0.15) is 13.8 Å². The number of hydrogen-bond acceptors (Lipinski definition) is 3. The summed E-state index contributed by atoms with van der Waals surface area (Å²) < 4.78 is 21.6. The third-order valence-corrected chi connectivity index (χ3v) is 3.34. The third-order valence-electron chi connectivity index (χ3n) is 1.92. The summed E-state index contributed by atoms with van der Waals surface area (Å²) in [7, 11) is -2.85. The molecule has 0 saturated carbocycles. The first-order valence-electron chi connectivity index (χ1n) is 3.76. The van der Waals surface area contributed by atoms with Crippen LogP contribution < -0.4 is 0 Å². The average molecular weight is 188 g/mol. The molecule has 1 aliphatic heterocycles. The first kappa shape index (κ1) is 9.80. The van der Waals surface area contributed by atoms with Gasteiger partial charge in [-0.15, -0.1) is 6.42 Å². The molecule has 0 aromatic heterocycles. The van der Waals surface area contributed by atoms with Crippen molar-refractivity contribution in [1.29, 1.82) is 0 Å². The zero-order chi connectivity index (χ0) is 9.41. The molecular formula is C8H13O3P. The Morgan fingerprint density at radius 3 is 2.67 bits per heavy atom. The zero-order valence-corrected chi connectivity index (χ0v) is 8.43. The van der Waals surface area contributed by atoms with E-state index in [1.54, 1.807) is 0 Å². The van der Waals surface area contributed by atoms with Crippen molar-refractivity contribution in [3.8, 4) is 12.3 Å². The molecule has 1 heterocycles.